The van der Waals surface area contributed by atoms with Crippen molar-refractivity contribution < 1.29 is 4.79 Å². The number of amides is 1. The number of H-pyrrole nitrogens is 1. The van der Waals surface area contributed by atoms with E-state index < -0.39 is 0 Å². The summed E-state index contributed by atoms with van der Waals surface area (Å²) in [6.45, 7) is 1.71. The van der Waals surface area contributed by atoms with E-state index in [1.165, 1.54) is 0 Å². The van der Waals surface area contributed by atoms with Crippen molar-refractivity contribution in [3.63, 3.8) is 0 Å². The van der Waals surface area contributed by atoms with Crippen LogP contribution in [0.1, 0.15) is 23.3 Å². The molecular formula is C10H14BrN3O. The number of hydrogen-bond acceptors (Lipinski definition) is 2. The Hall–Kier alpha value is -0.840. The van der Waals surface area contributed by atoms with Gasteiger partial charge in [-0.25, -0.2) is 0 Å². The molecule has 1 aromatic heterocycles. The zero-order valence-electron chi connectivity index (χ0n) is 8.45. The van der Waals surface area contributed by atoms with Gasteiger partial charge in [-0.05, 0) is 24.8 Å². The predicted octanol–water partition coefficient (Wildman–Crippen LogP) is 1.66. The number of hydrogen-bond donors (Lipinski definition) is 1. The van der Waals surface area contributed by atoms with E-state index in [9.17, 15) is 4.79 Å². The van der Waals surface area contributed by atoms with Gasteiger partial charge in [-0.1, -0.05) is 15.9 Å². The van der Waals surface area contributed by atoms with Crippen LogP contribution in [0.5, 0.6) is 0 Å². The first-order valence-electron chi connectivity index (χ1n) is 5.16. The minimum Gasteiger partial charge on any atom is -0.337 e. The highest BCUT2D eigenvalue weighted by molar-refractivity contribution is 9.09. The molecule has 5 heteroatoms. The summed E-state index contributed by atoms with van der Waals surface area (Å²) in [4.78, 5) is 13.8. The van der Waals surface area contributed by atoms with Gasteiger partial charge in [0.15, 0.2) is 0 Å². The standard InChI is InChI=1S/C10H14BrN3O/c11-7-8-2-5-14(6-3-8)10(15)9-1-4-12-13-9/h1,4,8H,2-3,5-7H2,(H,12,13). The Morgan fingerprint density at radius 2 is 2.33 bits per heavy atom. The highest BCUT2D eigenvalue weighted by Crippen LogP contribution is 2.19. The highest BCUT2D eigenvalue weighted by atomic mass is 79.9. The van der Waals surface area contributed by atoms with Crippen LogP contribution in [0.3, 0.4) is 0 Å². The summed E-state index contributed by atoms with van der Waals surface area (Å²) >= 11 is 3.49. The van der Waals surface area contributed by atoms with Crippen molar-refractivity contribution >= 4 is 21.8 Å². The lowest BCUT2D eigenvalue weighted by Crippen LogP contribution is -2.38. The van der Waals surface area contributed by atoms with E-state index in [-0.39, 0.29) is 5.91 Å². The van der Waals surface area contributed by atoms with Crippen molar-refractivity contribution in [3.8, 4) is 0 Å². The van der Waals surface area contributed by atoms with Gasteiger partial charge in [-0.2, -0.15) is 5.10 Å². The molecule has 1 saturated heterocycles. The summed E-state index contributed by atoms with van der Waals surface area (Å²) in [5.74, 6) is 0.788. The molecule has 0 bridgehead atoms. The third kappa shape index (κ3) is 2.40. The molecule has 1 amide bonds. The number of alkyl halides is 1. The number of piperidine rings is 1. The SMILES string of the molecule is O=C(c1ccn[nH]1)N1CCC(CBr)CC1. The van der Waals surface area contributed by atoms with Crippen LogP contribution in [-0.2, 0) is 0 Å². The Labute approximate surface area is 97.2 Å². The fraction of sp³-hybridized carbons (Fsp3) is 0.600. The smallest absolute Gasteiger partial charge is 0.271 e. The van der Waals surface area contributed by atoms with Crippen LogP contribution in [0, 0.1) is 5.92 Å². The van der Waals surface area contributed by atoms with E-state index in [4.69, 9.17) is 0 Å². The van der Waals surface area contributed by atoms with Crippen LogP contribution in [0.4, 0.5) is 0 Å². The molecule has 2 heterocycles. The Morgan fingerprint density at radius 3 is 2.87 bits per heavy atom. The lowest BCUT2D eigenvalue weighted by Gasteiger charge is -2.30. The molecule has 0 atom stereocenters. The van der Waals surface area contributed by atoms with Gasteiger partial charge in [-0.3, -0.25) is 9.89 Å². The summed E-state index contributed by atoms with van der Waals surface area (Å²) in [6.07, 6.45) is 3.79. The number of carbonyl (C=O) groups is 1. The first-order chi connectivity index (χ1) is 7.31. The van der Waals surface area contributed by atoms with Crippen LogP contribution >= 0.6 is 15.9 Å². The van der Waals surface area contributed by atoms with Gasteiger partial charge in [0.1, 0.15) is 5.69 Å². The first kappa shape index (κ1) is 10.7. The number of rotatable bonds is 2. The Bertz CT molecular complexity index is 317. The van der Waals surface area contributed by atoms with Crippen molar-refractivity contribution in [1.29, 1.82) is 0 Å². The van der Waals surface area contributed by atoms with Gasteiger partial charge in [0.2, 0.25) is 0 Å². The number of carbonyl (C=O) groups excluding carboxylic acids is 1. The summed E-state index contributed by atoms with van der Waals surface area (Å²) < 4.78 is 0. The molecule has 0 aromatic carbocycles. The van der Waals surface area contributed by atoms with E-state index in [2.05, 4.69) is 26.1 Å². The summed E-state index contributed by atoms with van der Waals surface area (Å²) in [7, 11) is 0. The molecule has 1 aliphatic rings. The summed E-state index contributed by atoms with van der Waals surface area (Å²) in [5, 5.41) is 7.54. The van der Waals surface area contributed by atoms with Crippen LogP contribution in [0.15, 0.2) is 12.3 Å². The molecule has 82 valence electrons. The number of aromatic amines is 1. The molecule has 4 nitrogen and oxygen atoms in total. The van der Waals surface area contributed by atoms with Crippen molar-refractivity contribution in [3.05, 3.63) is 18.0 Å². The van der Waals surface area contributed by atoms with E-state index in [0.717, 1.165) is 37.2 Å². The molecule has 0 spiro atoms. The normalized spacial score (nSPS) is 18.1. The van der Waals surface area contributed by atoms with E-state index in [1.54, 1.807) is 12.3 Å². The molecule has 2 rings (SSSR count). The molecule has 0 radical (unpaired) electrons. The van der Waals surface area contributed by atoms with Crippen LogP contribution in [-0.4, -0.2) is 39.4 Å². The second kappa shape index (κ2) is 4.79. The topological polar surface area (TPSA) is 49.0 Å². The van der Waals surface area contributed by atoms with Crippen molar-refractivity contribution in [2.24, 2.45) is 5.92 Å². The Balaban J connectivity index is 1.93. The lowest BCUT2D eigenvalue weighted by molar-refractivity contribution is 0.0693. The zero-order chi connectivity index (χ0) is 10.7. The minimum atomic E-state index is 0.0699. The number of aromatic nitrogens is 2. The van der Waals surface area contributed by atoms with Crippen LogP contribution in [0.25, 0.3) is 0 Å². The fourth-order valence-electron chi connectivity index (χ4n) is 1.84. The average molecular weight is 272 g/mol. The minimum absolute atomic E-state index is 0.0699. The van der Waals surface area contributed by atoms with E-state index in [1.807, 2.05) is 4.90 Å². The summed E-state index contributed by atoms with van der Waals surface area (Å²) in [5.41, 5.74) is 0.590. The fourth-order valence-corrected chi connectivity index (χ4v) is 2.48. The quantitative estimate of drug-likeness (QED) is 0.832. The average Bonchev–Trinajstić information content (AvgIpc) is 2.82. The Kier molecular flexibility index (Phi) is 3.41. The molecule has 1 N–H and O–H groups in total. The molecule has 15 heavy (non-hydrogen) atoms. The zero-order valence-corrected chi connectivity index (χ0v) is 10.0. The van der Waals surface area contributed by atoms with E-state index in [0.29, 0.717) is 5.69 Å². The third-order valence-electron chi connectivity index (χ3n) is 2.85. The molecule has 1 fully saturated rings. The van der Waals surface area contributed by atoms with Crippen molar-refractivity contribution in [1.82, 2.24) is 15.1 Å². The van der Waals surface area contributed by atoms with Crippen LogP contribution < -0.4 is 0 Å². The van der Waals surface area contributed by atoms with Crippen molar-refractivity contribution in [2.75, 3.05) is 18.4 Å². The van der Waals surface area contributed by atoms with Gasteiger partial charge in [-0.15, -0.1) is 0 Å². The number of halogens is 1. The van der Waals surface area contributed by atoms with Gasteiger partial charge in [0.25, 0.3) is 5.91 Å². The predicted molar refractivity (Wildman–Crippen MR) is 61.0 cm³/mol. The monoisotopic (exact) mass is 271 g/mol. The largest absolute Gasteiger partial charge is 0.337 e. The first-order valence-corrected chi connectivity index (χ1v) is 6.28. The molecule has 1 aliphatic heterocycles. The molecule has 0 unspecified atom stereocenters. The van der Waals surface area contributed by atoms with Gasteiger partial charge in [0.05, 0.1) is 0 Å². The maximum absolute atomic E-state index is 11.9. The van der Waals surface area contributed by atoms with Crippen molar-refractivity contribution in [2.45, 2.75) is 12.8 Å². The highest BCUT2D eigenvalue weighted by Gasteiger charge is 2.23. The third-order valence-corrected chi connectivity index (χ3v) is 3.77. The molecule has 1 aromatic rings. The van der Waals surface area contributed by atoms with Gasteiger partial charge < -0.3 is 4.90 Å². The van der Waals surface area contributed by atoms with Crippen LogP contribution in [0.2, 0.25) is 0 Å². The molecule has 0 saturated carbocycles. The maximum atomic E-state index is 11.9. The number of likely N-dealkylation sites (tertiary alicyclic amines) is 1. The van der Waals surface area contributed by atoms with Gasteiger partial charge in [0, 0.05) is 24.6 Å². The maximum Gasteiger partial charge on any atom is 0.271 e. The number of nitrogens with zero attached hydrogens (tertiary/aromatic N) is 2. The second-order valence-corrected chi connectivity index (χ2v) is 4.51. The summed E-state index contributed by atoms with van der Waals surface area (Å²) in [6, 6.07) is 1.72. The Morgan fingerprint density at radius 1 is 1.60 bits per heavy atom. The lowest BCUT2D eigenvalue weighted by atomic mass is 9.99. The molecular weight excluding hydrogens is 258 g/mol. The van der Waals surface area contributed by atoms with Gasteiger partial charge >= 0.3 is 0 Å². The molecule has 0 aliphatic carbocycles. The number of nitrogens with one attached hydrogen (secondary N) is 1. The van der Waals surface area contributed by atoms with E-state index >= 15 is 0 Å². The second-order valence-electron chi connectivity index (χ2n) is 3.86.